The molecule has 0 unspecified atom stereocenters. The summed E-state index contributed by atoms with van der Waals surface area (Å²) in [5.74, 6) is -0.195. The van der Waals surface area contributed by atoms with Crippen LogP contribution in [0.1, 0.15) is 10.4 Å². The van der Waals surface area contributed by atoms with E-state index in [0.29, 0.717) is 5.56 Å². The third-order valence-electron chi connectivity index (χ3n) is 2.27. The highest BCUT2D eigenvalue weighted by Crippen LogP contribution is 2.30. The summed E-state index contributed by atoms with van der Waals surface area (Å²) in [6.07, 6.45) is 3.06. The lowest BCUT2D eigenvalue weighted by Gasteiger charge is -2.33. The topological polar surface area (TPSA) is 63.0 Å². The molecule has 1 aromatic heterocycles. The zero-order valence-corrected chi connectivity index (χ0v) is 7.43. The van der Waals surface area contributed by atoms with Crippen LogP contribution < -0.4 is 0 Å². The van der Waals surface area contributed by atoms with Crippen molar-refractivity contribution in [2.45, 2.75) is 0 Å². The molecule has 2 heterocycles. The monoisotopic (exact) mass is 188 g/mol. The Morgan fingerprint density at radius 1 is 1.64 bits per heavy atom. The van der Waals surface area contributed by atoms with Crippen LogP contribution in [-0.4, -0.2) is 24.0 Å². The number of nitriles is 1. The first kappa shape index (κ1) is 8.85. The minimum atomic E-state index is -0.969. The van der Waals surface area contributed by atoms with Crippen LogP contribution in [0, 0.1) is 16.7 Å². The second-order valence-corrected chi connectivity index (χ2v) is 3.26. The van der Waals surface area contributed by atoms with Crippen molar-refractivity contribution in [2.75, 3.05) is 13.2 Å². The van der Waals surface area contributed by atoms with Gasteiger partial charge in [0, 0.05) is 18.0 Å². The Hall–Kier alpha value is -1.73. The van der Waals surface area contributed by atoms with E-state index in [0.717, 1.165) is 0 Å². The van der Waals surface area contributed by atoms with Crippen LogP contribution in [0.3, 0.4) is 0 Å². The van der Waals surface area contributed by atoms with Crippen LogP contribution in [-0.2, 0) is 4.74 Å². The molecule has 4 nitrogen and oxygen atoms in total. The lowest BCUT2D eigenvalue weighted by atomic mass is 9.80. The summed E-state index contributed by atoms with van der Waals surface area (Å²) in [5.41, 5.74) is -0.499. The minimum Gasteiger partial charge on any atom is -0.377 e. The molecule has 0 atom stereocenters. The number of Topliss-reactive ketones (excluding diaryl/α,β-unsaturated/α-hetero) is 1. The number of rotatable bonds is 2. The summed E-state index contributed by atoms with van der Waals surface area (Å²) in [7, 11) is 0. The number of ether oxygens (including phenoxy) is 1. The summed E-state index contributed by atoms with van der Waals surface area (Å²) < 4.78 is 4.91. The fourth-order valence-electron chi connectivity index (χ4n) is 1.33. The zero-order valence-electron chi connectivity index (χ0n) is 7.43. The van der Waals surface area contributed by atoms with Crippen LogP contribution in [0.4, 0.5) is 0 Å². The predicted molar refractivity (Wildman–Crippen MR) is 47.4 cm³/mol. The molecule has 70 valence electrons. The molecule has 0 aromatic carbocycles. The number of hydrogen-bond acceptors (Lipinski definition) is 4. The highest BCUT2D eigenvalue weighted by molar-refractivity contribution is 6.02. The van der Waals surface area contributed by atoms with E-state index in [9.17, 15) is 4.79 Å². The van der Waals surface area contributed by atoms with Gasteiger partial charge in [0.05, 0.1) is 19.3 Å². The van der Waals surface area contributed by atoms with Crippen LogP contribution in [0.5, 0.6) is 0 Å². The standard InChI is InChI=1S/C10H8N2O2/c11-5-10(6-14-7-10)9(13)8-2-1-3-12-4-8/h1-4H,6-7H2. The average molecular weight is 188 g/mol. The first-order valence-corrected chi connectivity index (χ1v) is 4.22. The summed E-state index contributed by atoms with van der Waals surface area (Å²) in [4.78, 5) is 15.7. The first-order chi connectivity index (χ1) is 6.78. The van der Waals surface area contributed by atoms with E-state index in [2.05, 4.69) is 4.98 Å². The Bertz CT molecular complexity index is 390. The van der Waals surface area contributed by atoms with Gasteiger partial charge in [0.2, 0.25) is 0 Å². The van der Waals surface area contributed by atoms with Gasteiger partial charge in [0.1, 0.15) is 0 Å². The van der Waals surface area contributed by atoms with Crippen molar-refractivity contribution in [3.63, 3.8) is 0 Å². The average Bonchev–Trinajstić information content (AvgIpc) is 2.18. The molecule has 0 spiro atoms. The number of pyridine rings is 1. The summed E-state index contributed by atoms with van der Waals surface area (Å²) in [6, 6.07) is 5.35. The van der Waals surface area contributed by atoms with Gasteiger partial charge in [0.25, 0.3) is 0 Å². The highest BCUT2D eigenvalue weighted by Gasteiger charge is 2.46. The van der Waals surface area contributed by atoms with Gasteiger partial charge < -0.3 is 4.74 Å². The highest BCUT2D eigenvalue weighted by atomic mass is 16.5. The molecule has 0 radical (unpaired) electrons. The van der Waals surface area contributed by atoms with Crippen molar-refractivity contribution in [3.8, 4) is 6.07 Å². The Balaban J connectivity index is 2.29. The Morgan fingerprint density at radius 3 is 2.86 bits per heavy atom. The Labute approximate surface area is 81.1 Å². The number of hydrogen-bond donors (Lipinski definition) is 0. The van der Waals surface area contributed by atoms with Crippen molar-refractivity contribution in [2.24, 2.45) is 5.41 Å². The Morgan fingerprint density at radius 2 is 2.43 bits per heavy atom. The van der Waals surface area contributed by atoms with Crippen molar-refractivity contribution in [1.82, 2.24) is 4.98 Å². The van der Waals surface area contributed by atoms with Crippen LogP contribution in [0.15, 0.2) is 24.5 Å². The summed E-state index contributed by atoms with van der Waals surface area (Å²) in [6.45, 7) is 0.383. The van der Waals surface area contributed by atoms with Crippen LogP contribution in [0.2, 0.25) is 0 Å². The number of ketones is 1. The van der Waals surface area contributed by atoms with Gasteiger partial charge >= 0.3 is 0 Å². The van der Waals surface area contributed by atoms with Crippen LogP contribution in [0.25, 0.3) is 0 Å². The first-order valence-electron chi connectivity index (χ1n) is 4.22. The number of carbonyl (C=O) groups is 1. The molecule has 1 aromatic rings. The van der Waals surface area contributed by atoms with E-state index in [1.54, 1.807) is 18.3 Å². The second kappa shape index (κ2) is 3.20. The Kier molecular flexibility index (Phi) is 2.02. The van der Waals surface area contributed by atoms with E-state index in [-0.39, 0.29) is 19.0 Å². The third kappa shape index (κ3) is 1.19. The normalized spacial score (nSPS) is 17.9. The van der Waals surface area contributed by atoms with Gasteiger partial charge in [-0.2, -0.15) is 5.26 Å². The van der Waals surface area contributed by atoms with E-state index >= 15 is 0 Å². The van der Waals surface area contributed by atoms with Gasteiger partial charge in [-0.05, 0) is 12.1 Å². The molecule has 0 aliphatic carbocycles. The van der Waals surface area contributed by atoms with Crippen molar-refractivity contribution < 1.29 is 9.53 Å². The zero-order chi connectivity index (χ0) is 10.0. The molecule has 1 aliphatic rings. The molecular weight excluding hydrogens is 180 g/mol. The molecule has 1 saturated heterocycles. The fourth-order valence-corrected chi connectivity index (χ4v) is 1.33. The maximum atomic E-state index is 11.8. The number of nitrogens with zero attached hydrogens (tertiary/aromatic N) is 2. The molecular formula is C10H8N2O2. The van der Waals surface area contributed by atoms with Crippen LogP contribution >= 0.6 is 0 Å². The van der Waals surface area contributed by atoms with Crippen molar-refractivity contribution in [3.05, 3.63) is 30.1 Å². The second-order valence-electron chi connectivity index (χ2n) is 3.26. The maximum absolute atomic E-state index is 11.8. The molecule has 1 fully saturated rings. The third-order valence-corrected chi connectivity index (χ3v) is 2.27. The van der Waals surface area contributed by atoms with Gasteiger partial charge in [-0.1, -0.05) is 0 Å². The lowest BCUT2D eigenvalue weighted by molar-refractivity contribution is -0.0566. The van der Waals surface area contributed by atoms with E-state index in [1.807, 2.05) is 6.07 Å². The fraction of sp³-hybridized carbons (Fsp3) is 0.300. The quantitative estimate of drug-likeness (QED) is 0.644. The van der Waals surface area contributed by atoms with E-state index in [1.165, 1.54) is 6.20 Å². The SMILES string of the molecule is N#CC1(C(=O)c2cccnc2)COC1. The van der Waals surface area contributed by atoms with Crippen molar-refractivity contribution >= 4 is 5.78 Å². The van der Waals surface area contributed by atoms with Gasteiger partial charge in [0.15, 0.2) is 11.2 Å². The summed E-state index contributed by atoms with van der Waals surface area (Å²) >= 11 is 0. The smallest absolute Gasteiger partial charge is 0.189 e. The summed E-state index contributed by atoms with van der Waals surface area (Å²) in [5, 5.41) is 8.90. The number of carbonyl (C=O) groups excluding carboxylic acids is 1. The lowest BCUT2D eigenvalue weighted by Crippen LogP contribution is -2.47. The molecule has 1 aliphatic heterocycles. The van der Waals surface area contributed by atoms with Gasteiger partial charge in [-0.3, -0.25) is 9.78 Å². The molecule has 4 heteroatoms. The van der Waals surface area contributed by atoms with Crippen molar-refractivity contribution in [1.29, 1.82) is 5.26 Å². The van der Waals surface area contributed by atoms with Gasteiger partial charge in [-0.15, -0.1) is 0 Å². The molecule has 0 saturated carbocycles. The molecule has 2 rings (SSSR count). The minimum absolute atomic E-state index is 0.192. The van der Waals surface area contributed by atoms with E-state index in [4.69, 9.17) is 10.00 Å². The maximum Gasteiger partial charge on any atom is 0.189 e. The van der Waals surface area contributed by atoms with E-state index < -0.39 is 5.41 Å². The largest absolute Gasteiger partial charge is 0.377 e. The molecule has 0 amide bonds. The molecule has 14 heavy (non-hydrogen) atoms. The number of aromatic nitrogens is 1. The molecule has 0 bridgehead atoms. The predicted octanol–water partition coefficient (Wildman–Crippen LogP) is 0.804. The van der Waals surface area contributed by atoms with Gasteiger partial charge in [-0.25, -0.2) is 0 Å². The molecule has 0 N–H and O–H groups in total.